The molecule has 0 unspecified atom stereocenters. The molecule has 0 fully saturated rings. The lowest BCUT2D eigenvalue weighted by molar-refractivity contribution is 0.877. The molecule has 1 aromatic carbocycles. The van der Waals surface area contributed by atoms with E-state index in [1.165, 1.54) is 44.9 Å². The lowest BCUT2D eigenvalue weighted by Crippen LogP contribution is -1.96. The van der Waals surface area contributed by atoms with E-state index in [0.717, 1.165) is 0 Å². The molecule has 2 rings (SSSR count). The number of benzene rings is 1. The van der Waals surface area contributed by atoms with Crippen LogP contribution in [0.5, 0.6) is 0 Å². The normalized spacial score (nSPS) is 13.6. The van der Waals surface area contributed by atoms with Crippen molar-refractivity contribution in [2.45, 2.75) is 65.7 Å². The highest BCUT2D eigenvalue weighted by molar-refractivity contribution is 5.67. The number of hydrogen-bond donors (Lipinski definition) is 0. The van der Waals surface area contributed by atoms with Crippen LogP contribution >= 0.6 is 0 Å². The zero-order valence-corrected chi connectivity index (χ0v) is 12.2. The summed E-state index contributed by atoms with van der Waals surface area (Å²) in [7, 11) is 0. The predicted octanol–water partition coefficient (Wildman–Crippen LogP) is 5.33. The molecule has 1 aliphatic rings. The summed E-state index contributed by atoms with van der Waals surface area (Å²) in [6, 6.07) is 4.91. The largest absolute Gasteiger partial charge is 0.0652 e. The van der Waals surface area contributed by atoms with Crippen LogP contribution in [0, 0.1) is 0 Å². The van der Waals surface area contributed by atoms with Gasteiger partial charge in [0.1, 0.15) is 0 Å². The molecule has 0 atom stereocenters. The quantitative estimate of drug-likeness (QED) is 0.632. The van der Waals surface area contributed by atoms with Crippen molar-refractivity contribution in [1.29, 1.82) is 0 Å². The van der Waals surface area contributed by atoms with Crippen LogP contribution < -0.4 is 0 Å². The zero-order chi connectivity index (χ0) is 13.0. The summed E-state index contributed by atoms with van der Waals surface area (Å²) >= 11 is 0. The van der Waals surface area contributed by atoms with Crippen molar-refractivity contribution in [1.82, 2.24) is 0 Å². The van der Waals surface area contributed by atoms with Gasteiger partial charge in [0.2, 0.25) is 0 Å². The second-order valence-corrected chi connectivity index (χ2v) is 5.56. The average molecular weight is 242 g/mol. The van der Waals surface area contributed by atoms with Crippen LogP contribution in [0.25, 0.3) is 6.08 Å². The van der Waals surface area contributed by atoms with E-state index in [1.54, 1.807) is 27.8 Å². The number of allylic oxidation sites excluding steroid dienone is 1. The molecule has 0 saturated carbocycles. The molecule has 0 aromatic heterocycles. The molecule has 0 saturated heterocycles. The van der Waals surface area contributed by atoms with Crippen molar-refractivity contribution in [3.8, 4) is 0 Å². The fourth-order valence-electron chi connectivity index (χ4n) is 3.07. The second-order valence-electron chi connectivity index (χ2n) is 5.56. The van der Waals surface area contributed by atoms with Gasteiger partial charge in [-0.05, 0) is 47.9 Å². The first kappa shape index (κ1) is 13.4. The van der Waals surface area contributed by atoms with Crippen LogP contribution in [0.15, 0.2) is 17.7 Å². The first-order valence-corrected chi connectivity index (χ1v) is 7.62. The van der Waals surface area contributed by atoms with Crippen LogP contribution in [0.4, 0.5) is 0 Å². The highest BCUT2D eigenvalue weighted by Crippen LogP contribution is 2.32. The third-order valence-corrected chi connectivity index (χ3v) is 3.81. The molecular weight excluding hydrogens is 216 g/mol. The van der Waals surface area contributed by atoms with Gasteiger partial charge in [0.15, 0.2) is 0 Å². The third-order valence-electron chi connectivity index (χ3n) is 3.81. The number of hydrogen-bond acceptors (Lipinski definition) is 0. The minimum absolute atomic E-state index is 1.21. The Balaban J connectivity index is 2.32. The van der Waals surface area contributed by atoms with Crippen LogP contribution in [0.1, 0.15) is 68.7 Å². The molecule has 0 bridgehead atoms. The Morgan fingerprint density at radius 1 is 0.889 bits per heavy atom. The van der Waals surface area contributed by atoms with Crippen LogP contribution in [0.3, 0.4) is 0 Å². The summed E-state index contributed by atoms with van der Waals surface area (Å²) in [6.45, 7) is 6.83. The van der Waals surface area contributed by atoms with Gasteiger partial charge in [-0.15, -0.1) is 0 Å². The average Bonchev–Trinajstić information content (AvgIpc) is 2.73. The molecule has 0 heteroatoms. The van der Waals surface area contributed by atoms with E-state index < -0.39 is 0 Å². The van der Waals surface area contributed by atoms with Crippen LogP contribution in [-0.4, -0.2) is 0 Å². The van der Waals surface area contributed by atoms with E-state index in [2.05, 4.69) is 39.0 Å². The van der Waals surface area contributed by atoms with Gasteiger partial charge >= 0.3 is 0 Å². The molecular formula is C18H26. The molecule has 18 heavy (non-hydrogen) atoms. The van der Waals surface area contributed by atoms with E-state index in [9.17, 15) is 0 Å². The van der Waals surface area contributed by atoms with Gasteiger partial charge in [-0.25, -0.2) is 0 Å². The molecule has 0 amide bonds. The predicted molar refractivity (Wildman–Crippen MR) is 81.0 cm³/mol. The maximum absolute atomic E-state index is 2.47. The topological polar surface area (TPSA) is 0 Å². The van der Waals surface area contributed by atoms with E-state index in [0.29, 0.717) is 0 Å². The van der Waals surface area contributed by atoms with Gasteiger partial charge in [0, 0.05) is 0 Å². The Bertz CT molecular complexity index is 438. The lowest BCUT2D eigenvalue weighted by Gasteiger charge is -2.10. The Kier molecular flexibility index (Phi) is 4.63. The van der Waals surface area contributed by atoms with Crippen molar-refractivity contribution in [2.24, 2.45) is 0 Å². The van der Waals surface area contributed by atoms with Crippen molar-refractivity contribution in [2.75, 3.05) is 0 Å². The first-order chi connectivity index (χ1) is 8.78. The van der Waals surface area contributed by atoms with Crippen LogP contribution in [0.2, 0.25) is 0 Å². The summed E-state index contributed by atoms with van der Waals surface area (Å²) in [5, 5.41) is 0. The standard InChI is InChI=1S/C18H26/c1-4-7-14-10-16(9-6-3)18-13-15(8-5-2)12-17(18)11-14/h10-11,13H,4-9,12H2,1-3H3. The number of rotatable bonds is 6. The highest BCUT2D eigenvalue weighted by Gasteiger charge is 2.16. The van der Waals surface area contributed by atoms with Gasteiger partial charge in [-0.3, -0.25) is 0 Å². The van der Waals surface area contributed by atoms with Gasteiger partial charge < -0.3 is 0 Å². The minimum atomic E-state index is 1.21. The van der Waals surface area contributed by atoms with Gasteiger partial charge in [0.05, 0.1) is 0 Å². The summed E-state index contributed by atoms with van der Waals surface area (Å²) in [4.78, 5) is 0. The molecule has 0 N–H and O–H groups in total. The maximum atomic E-state index is 2.47. The Morgan fingerprint density at radius 3 is 2.28 bits per heavy atom. The number of aryl methyl sites for hydroxylation is 2. The van der Waals surface area contributed by atoms with Gasteiger partial charge in [-0.1, -0.05) is 63.8 Å². The fraction of sp³-hybridized carbons (Fsp3) is 0.556. The summed E-state index contributed by atoms with van der Waals surface area (Å²) in [5.41, 5.74) is 7.92. The van der Waals surface area contributed by atoms with Crippen molar-refractivity contribution in [3.63, 3.8) is 0 Å². The SMILES string of the molecule is CCCC1=Cc2c(CCC)cc(CCC)cc2C1. The third kappa shape index (κ3) is 2.85. The fourth-order valence-corrected chi connectivity index (χ4v) is 3.07. The molecule has 1 aromatic rings. The van der Waals surface area contributed by atoms with Gasteiger partial charge in [0.25, 0.3) is 0 Å². The summed E-state index contributed by atoms with van der Waals surface area (Å²) in [6.07, 6.45) is 11.2. The highest BCUT2D eigenvalue weighted by atomic mass is 14.2. The Labute approximate surface area is 112 Å². The lowest BCUT2D eigenvalue weighted by atomic mass is 9.95. The first-order valence-electron chi connectivity index (χ1n) is 7.62. The molecule has 1 aliphatic carbocycles. The molecule has 0 nitrogen and oxygen atoms in total. The summed E-state index contributed by atoms with van der Waals surface area (Å²) in [5.74, 6) is 0. The van der Waals surface area contributed by atoms with E-state index in [-0.39, 0.29) is 0 Å². The van der Waals surface area contributed by atoms with Crippen molar-refractivity contribution in [3.05, 3.63) is 40.0 Å². The minimum Gasteiger partial charge on any atom is -0.0652 e. The molecule has 0 spiro atoms. The second kappa shape index (κ2) is 6.22. The van der Waals surface area contributed by atoms with E-state index >= 15 is 0 Å². The van der Waals surface area contributed by atoms with Crippen molar-refractivity contribution >= 4 is 6.08 Å². The maximum Gasteiger partial charge on any atom is -0.00576 e. The van der Waals surface area contributed by atoms with Crippen LogP contribution in [-0.2, 0) is 19.3 Å². The van der Waals surface area contributed by atoms with Crippen molar-refractivity contribution < 1.29 is 0 Å². The Morgan fingerprint density at radius 2 is 1.61 bits per heavy atom. The monoisotopic (exact) mass is 242 g/mol. The number of fused-ring (bicyclic) bond motifs is 1. The zero-order valence-electron chi connectivity index (χ0n) is 12.2. The molecule has 98 valence electrons. The van der Waals surface area contributed by atoms with Gasteiger partial charge in [-0.2, -0.15) is 0 Å². The van der Waals surface area contributed by atoms with E-state index in [1.807, 2.05) is 0 Å². The smallest absolute Gasteiger partial charge is 0.00576 e. The Hall–Kier alpha value is -1.04. The molecule has 0 aliphatic heterocycles. The molecule has 0 heterocycles. The summed E-state index contributed by atoms with van der Waals surface area (Å²) < 4.78 is 0. The van der Waals surface area contributed by atoms with E-state index in [4.69, 9.17) is 0 Å². The molecule has 0 radical (unpaired) electrons.